The minimum atomic E-state index is -0.735. The Morgan fingerprint density at radius 2 is 2.20 bits per heavy atom. The van der Waals surface area contributed by atoms with Gasteiger partial charge in [-0.25, -0.2) is 14.2 Å². The molecule has 0 unspecified atom stereocenters. The molecular weight excluding hydrogens is 329 g/mol. The summed E-state index contributed by atoms with van der Waals surface area (Å²) in [6.45, 7) is -0.0364. The van der Waals surface area contributed by atoms with E-state index in [1.165, 1.54) is 19.2 Å². The zero-order chi connectivity index (χ0) is 14.5. The third-order valence-electron chi connectivity index (χ3n) is 2.55. The van der Waals surface area contributed by atoms with Gasteiger partial charge in [0.05, 0.1) is 18.2 Å². The van der Waals surface area contributed by atoms with E-state index in [0.29, 0.717) is 15.9 Å². The second-order valence-electron chi connectivity index (χ2n) is 3.87. The summed E-state index contributed by atoms with van der Waals surface area (Å²) in [6.07, 6.45) is 1.57. The van der Waals surface area contributed by atoms with Gasteiger partial charge in [0.2, 0.25) is 5.88 Å². The third kappa shape index (κ3) is 3.33. The second-order valence-corrected chi connectivity index (χ2v) is 4.79. The summed E-state index contributed by atoms with van der Waals surface area (Å²) < 4.78 is 24.3. The van der Waals surface area contributed by atoms with E-state index in [2.05, 4.69) is 20.9 Å². The number of aromatic nitrogens is 1. The van der Waals surface area contributed by atoms with Crippen molar-refractivity contribution in [3.63, 3.8) is 0 Å². The number of rotatable bonds is 4. The first-order valence-corrected chi connectivity index (χ1v) is 6.51. The molecular formula is C14H11BrFNO3. The Hall–Kier alpha value is -1.95. The number of methoxy groups -OCH3 is 1. The molecule has 4 nitrogen and oxygen atoms in total. The summed E-state index contributed by atoms with van der Waals surface area (Å²) in [4.78, 5) is 15.8. The van der Waals surface area contributed by atoms with E-state index in [0.717, 1.165) is 0 Å². The van der Waals surface area contributed by atoms with Crippen molar-refractivity contribution in [3.05, 3.63) is 57.9 Å². The number of nitrogens with zero attached hydrogens (tertiary/aromatic N) is 1. The van der Waals surface area contributed by atoms with Crippen molar-refractivity contribution in [2.24, 2.45) is 0 Å². The first kappa shape index (κ1) is 14.5. The van der Waals surface area contributed by atoms with Crippen LogP contribution in [0.5, 0.6) is 5.88 Å². The lowest BCUT2D eigenvalue weighted by molar-refractivity contribution is 0.0464. The van der Waals surface area contributed by atoms with Crippen LogP contribution in [0.2, 0.25) is 0 Å². The lowest BCUT2D eigenvalue weighted by Crippen LogP contribution is -2.08. The normalized spacial score (nSPS) is 10.2. The number of esters is 1. The molecule has 0 spiro atoms. The molecule has 1 aromatic carbocycles. The number of benzene rings is 1. The van der Waals surface area contributed by atoms with E-state index >= 15 is 0 Å². The third-order valence-corrected chi connectivity index (χ3v) is 3.05. The van der Waals surface area contributed by atoms with Crippen LogP contribution in [-0.4, -0.2) is 18.1 Å². The minimum absolute atomic E-state index is 0.0364. The second kappa shape index (κ2) is 6.47. The molecule has 104 valence electrons. The van der Waals surface area contributed by atoms with Crippen LogP contribution in [0.3, 0.4) is 0 Å². The summed E-state index contributed by atoms with van der Waals surface area (Å²) >= 11 is 3.12. The van der Waals surface area contributed by atoms with Gasteiger partial charge in [-0.3, -0.25) is 0 Å². The average molecular weight is 340 g/mol. The molecule has 0 fully saturated rings. The molecule has 20 heavy (non-hydrogen) atoms. The predicted molar refractivity (Wildman–Crippen MR) is 74.0 cm³/mol. The summed E-state index contributed by atoms with van der Waals surface area (Å²) in [6, 6.07) is 7.57. The number of hydrogen-bond acceptors (Lipinski definition) is 4. The van der Waals surface area contributed by atoms with E-state index in [-0.39, 0.29) is 12.2 Å². The van der Waals surface area contributed by atoms with Crippen LogP contribution in [0.25, 0.3) is 0 Å². The molecule has 0 bridgehead atoms. The maximum atomic E-state index is 13.6. The molecule has 2 aromatic rings. The van der Waals surface area contributed by atoms with Crippen LogP contribution in [-0.2, 0) is 11.3 Å². The Kier molecular flexibility index (Phi) is 4.68. The first-order chi connectivity index (χ1) is 9.61. The first-order valence-electron chi connectivity index (χ1n) is 5.72. The number of carbonyl (C=O) groups is 1. The quantitative estimate of drug-likeness (QED) is 0.801. The molecule has 1 aromatic heterocycles. The van der Waals surface area contributed by atoms with Crippen molar-refractivity contribution in [2.75, 3.05) is 7.11 Å². The fourth-order valence-electron chi connectivity index (χ4n) is 1.59. The predicted octanol–water partition coefficient (Wildman–Crippen LogP) is 3.35. The molecule has 0 aliphatic heterocycles. The summed E-state index contributed by atoms with van der Waals surface area (Å²) in [5.41, 5.74) is 0.497. The maximum Gasteiger partial charge on any atom is 0.341 e. The number of halogens is 2. The highest BCUT2D eigenvalue weighted by atomic mass is 79.9. The van der Waals surface area contributed by atoms with Gasteiger partial charge in [0.25, 0.3) is 0 Å². The molecule has 0 aliphatic carbocycles. The van der Waals surface area contributed by atoms with Gasteiger partial charge < -0.3 is 9.47 Å². The van der Waals surface area contributed by atoms with E-state index in [4.69, 9.17) is 9.47 Å². The summed E-state index contributed by atoms with van der Waals surface area (Å²) in [5.74, 6) is -1.000. The Morgan fingerprint density at radius 3 is 2.90 bits per heavy atom. The monoisotopic (exact) mass is 339 g/mol. The molecule has 0 N–H and O–H groups in total. The van der Waals surface area contributed by atoms with Gasteiger partial charge in [-0.1, -0.05) is 15.9 Å². The minimum Gasteiger partial charge on any atom is -0.481 e. The van der Waals surface area contributed by atoms with Crippen molar-refractivity contribution in [3.8, 4) is 5.88 Å². The van der Waals surface area contributed by atoms with Crippen LogP contribution in [0, 0.1) is 5.82 Å². The average Bonchev–Trinajstić information content (AvgIpc) is 2.45. The lowest BCUT2D eigenvalue weighted by atomic mass is 10.2. The van der Waals surface area contributed by atoms with Gasteiger partial charge in [0.15, 0.2) is 0 Å². The van der Waals surface area contributed by atoms with Crippen molar-refractivity contribution < 1.29 is 18.7 Å². The molecule has 6 heteroatoms. The Bertz CT molecular complexity index is 634. The maximum absolute atomic E-state index is 13.6. The van der Waals surface area contributed by atoms with Crippen molar-refractivity contribution >= 4 is 21.9 Å². The van der Waals surface area contributed by atoms with Crippen LogP contribution >= 0.6 is 15.9 Å². The van der Waals surface area contributed by atoms with Crippen LogP contribution in [0.15, 0.2) is 41.0 Å². The van der Waals surface area contributed by atoms with Crippen molar-refractivity contribution in [1.29, 1.82) is 0 Å². The SMILES string of the molecule is COc1ncccc1COC(=O)c1ccc(Br)cc1F. The summed E-state index contributed by atoms with van der Waals surface area (Å²) in [5, 5.41) is 0. The van der Waals surface area contributed by atoms with E-state index < -0.39 is 11.8 Å². The smallest absolute Gasteiger partial charge is 0.341 e. The van der Waals surface area contributed by atoms with Crippen LogP contribution in [0.1, 0.15) is 15.9 Å². The molecule has 0 saturated heterocycles. The van der Waals surface area contributed by atoms with Crippen molar-refractivity contribution in [1.82, 2.24) is 4.98 Å². The fourth-order valence-corrected chi connectivity index (χ4v) is 1.93. The lowest BCUT2D eigenvalue weighted by Gasteiger charge is -2.08. The highest BCUT2D eigenvalue weighted by Gasteiger charge is 2.14. The van der Waals surface area contributed by atoms with Gasteiger partial charge in [0, 0.05) is 10.7 Å². The van der Waals surface area contributed by atoms with E-state index in [1.807, 2.05) is 0 Å². The standard InChI is InChI=1S/C14H11BrFNO3/c1-19-13-9(3-2-6-17-13)8-20-14(18)11-5-4-10(15)7-12(11)16/h2-7H,8H2,1H3. The zero-order valence-corrected chi connectivity index (χ0v) is 12.2. The number of pyridine rings is 1. The van der Waals surface area contributed by atoms with E-state index in [1.54, 1.807) is 24.4 Å². The largest absolute Gasteiger partial charge is 0.481 e. The number of ether oxygens (including phenoxy) is 2. The van der Waals surface area contributed by atoms with Gasteiger partial charge in [0.1, 0.15) is 12.4 Å². The Labute approximate surface area is 123 Å². The van der Waals surface area contributed by atoms with Gasteiger partial charge in [-0.2, -0.15) is 0 Å². The Balaban J connectivity index is 2.09. The van der Waals surface area contributed by atoms with Gasteiger partial charge >= 0.3 is 5.97 Å². The number of hydrogen-bond donors (Lipinski definition) is 0. The van der Waals surface area contributed by atoms with Crippen LogP contribution in [0.4, 0.5) is 4.39 Å². The molecule has 0 saturated carbocycles. The molecule has 0 amide bonds. The van der Waals surface area contributed by atoms with Gasteiger partial charge in [-0.05, 0) is 30.3 Å². The Morgan fingerprint density at radius 1 is 1.40 bits per heavy atom. The van der Waals surface area contributed by atoms with Crippen molar-refractivity contribution in [2.45, 2.75) is 6.61 Å². The molecule has 0 radical (unpaired) electrons. The van der Waals surface area contributed by atoms with Gasteiger partial charge in [-0.15, -0.1) is 0 Å². The summed E-state index contributed by atoms with van der Waals surface area (Å²) in [7, 11) is 1.47. The topological polar surface area (TPSA) is 48.4 Å². The molecule has 1 heterocycles. The van der Waals surface area contributed by atoms with Crippen LogP contribution < -0.4 is 4.74 Å². The molecule has 0 aliphatic rings. The fraction of sp³-hybridized carbons (Fsp3) is 0.143. The number of carbonyl (C=O) groups excluding carboxylic acids is 1. The zero-order valence-electron chi connectivity index (χ0n) is 10.6. The molecule has 2 rings (SSSR count). The van der Waals surface area contributed by atoms with E-state index in [9.17, 15) is 9.18 Å². The molecule has 0 atom stereocenters. The highest BCUT2D eigenvalue weighted by molar-refractivity contribution is 9.10. The highest BCUT2D eigenvalue weighted by Crippen LogP contribution is 2.18.